The molecule has 1 aromatic heterocycles. The van der Waals surface area contributed by atoms with E-state index in [-0.39, 0.29) is 5.91 Å². The number of pyridine rings is 1. The van der Waals surface area contributed by atoms with E-state index in [9.17, 15) is 4.79 Å². The fourth-order valence-corrected chi connectivity index (χ4v) is 3.04. The predicted molar refractivity (Wildman–Crippen MR) is 102 cm³/mol. The first-order chi connectivity index (χ1) is 12.8. The Labute approximate surface area is 154 Å². The monoisotopic (exact) mass is 351 g/mol. The van der Waals surface area contributed by atoms with E-state index in [0.29, 0.717) is 12.2 Å². The van der Waals surface area contributed by atoms with Crippen molar-refractivity contribution < 1.29 is 9.53 Å². The van der Waals surface area contributed by atoms with E-state index in [1.807, 2.05) is 41.6 Å². The van der Waals surface area contributed by atoms with Crippen LogP contribution >= 0.6 is 0 Å². The molecule has 2 aromatic rings. The fraction of sp³-hybridized carbons (Fsp3) is 0.333. The molecule has 0 atom stereocenters. The van der Waals surface area contributed by atoms with Crippen molar-refractivity contribution in [3.05, 3.63) is 72.6 Å². The summed E-state index contributed by atoms with van der Waals surface area (Å²) in [6.45, 7) is 8.47. The molecule has 1 amide bonds. The maximum atomic E-state index is 12.7. The lowest BCUT2D eigenvalue weighted by Crippen LogP contribution is -2.49. The molecule has 1 aliphatic heterocycles. The molecular formula is C21H25N3O2. The van der Waals surface area contributed by atoms with Gasteiger partial charge in [-0.15, -0.1) is 0 Å². The van der Waals surface area contributed by atoms with Crippen molar-refractivity contribution in [1.82, 2.24) is 14.8 Å². The van der Waals surface area contributed by atoms with E-state index >= 15 is 0 Å². The molecule has 5 heteroatoms. The van der Waals surface area contributed by atoms with Crippen LogP contribution in [-0.2, 0) is 6.42 Å². The summed E-state index contributed by atoms with van der Waals surface area (Å²) in [4.78, 5) is 21.0. The number of carbonyl (C=O) groups is 1. The van der Waals surface area contributed by atoms with Crippen molar-refractivity contribution in [3.8, 4) is 5.75 Å². The Balaban J connectivity index is 1.46. The molecule has 1 aliphatic rings. The molecule has 5 nitrogen and oxygen atoms in total. The molecule has 0 bridgehead atoms. The van der Waals surface area contributed by atoms with Crippen molar-refractivity contribution in [2.75, 3.05) is 39.3 Å². The zero-order valence-electron chi connectivity index (χ0n) is 15.0. The predicted octanol–water partition coefficient (Wildman–Crippen LogP) is 2.65. The minimum atomic E-state index is 0.0917. The highest BCUT2D eigenvalue weighted by molar-refractivity contribution is 5.94. The Morgan fingerprint density at radius 1 is 1.08 bits per heavy atom. The zero-order valence-corrected chi connectivity index (χ0v) is 15.0. The van der Waals surface area contributed by atoms with Gasteiger partial charge in [0.15, 0.2) is 0 Å². The van der Waals surface area contributed by atoms with E-state index in [1.165, 1.54) is 5.56 Å². The zero-order chi connectivity index (χ0) is 18.2. The van der Waals surface area contributed by atoms with Crippen LogP contribution in [0.25, 0.3) is 0 Å². The van der Waals surface area contributed by atoms with E-state index in [2.05, 4.69) is 28.6 Å². The van der Waals surface area contributed by atoms with Crippen LogP contribution in [0.2, 0.25) is 0 Å². The van der Waals surface area contributed by atoms with Gasteiger partial charge in [0.25, 0.3) is 5.91 Å². The van der Waals surface area contributed by atoms with E-state index in [4.69, 9.17) is 4.74 Å². The van der Waals surface area contributed by atoms with Gasteiger partial charge in [-0.1, -0.05) is 12.7 Å². The molecule has 0 radical (unpaired) electrons. The van der Waals surface area contributed by atoms with Gasteiger partial charge in [-0.25, -0.2) is 0 Å². The average Bonchev–Trinajstić information content (AvgIpc) is 2.72. The second-order valence-corrected chi connectivity index (χ2v) is 6.36. The molecule has 1 saturated heterocycles. The number of carbonyl (C=O) groups excluding carboxylic acids is 1. The van der Waals surface area contributed by atoms with Crippen molar-refractivity contribution in [1.29, 1.82) is 0 Å². The molecule has 0 unspecified atom stereocenters. The number of hydrogen-bond acceptors (Lipinski definition) is 4. The van der Waals surface area contributed by atoms with Gasteiger partial charge in [0.2, 0.25) is 0 Å². The maximum Gasteiger partial charge on any atom is 0.253 e. The van der Waals surface area contributed by atoms with Gasteiger partial charge >= 0.3 is 0 Å². The van der Waals surface area contributed by atoms with Crippen LogP contribution in [0.4, 0.5) is 0 Å². The first kappa shape index (κ1) is 18.1. The third kappa shape index (κ3) is 4.92. The van der Waals surface area contributed by atoms with Gasteiger partial charge in [0.1, 0.15) is 12.4 Å². The summed E-state index contributed by atoms with van der Waals surface area (Å²) < 4.78 is 5.46. The first-order valence-electron chi connectivity index (χ1n) is 9.00. The summed E-state index contributed by atoms with van der Waals surface area (Å²) >= 11 is 0. The minimum absolute atomic E-state index is 0.0917. The molecule has 1 fully saturated rings. The number of amides is 1. The molecule has 0 aliphatic carbocycles. The molecule has 2 heterocycles. The van der Waals surface area contributed by atoms with Crippen LogP contribution < -0.4 is 4.74 Å². The SMILES string of the molecule is C=CCOc1ccc(C(=O)N2CCN(CCc3ccncc3)CC2)cc1. The molecule has 3 rings (SSSR count). The van der Waals surface area contributed by atoms with Gasteiger partial charge in [-0.3, -0.25) is 14.7 Å². The fourth-order valence-electron chi connectivity index (χ4n) is 3.04. The summed E-state index contributed by atoms with van der Waals surface area (Å²) in [5.74, 6) is 0.844. The van der Waals surface area contributed by atoms with Gasteiger partial charge in [-0.05, 0) is 48.4 Å². The van der Waals surface area contributed by atoms with E-state index in [1.54, 1.807) is 6.08 Å². The van der Waals surface area contributed by atoms with Gasteiger partial charge in [0, 0.05) is 50.7 Å². The Morgan fingerprint density at radius 3 is 2.42 bits per heavy atom. The molecule has 0 saturated carbocycles. The summed E-state index contributed by atoms with van der Waals surface area (Å²) in [5.41, 5.74) is 2.01. The average molecular weight is 351 g/mol. The number of piperazine rings is 1. The molecular weight excluding hydrogens is 326 g/mol. The Kier molecular flexibility index (Phi) is 6.39. The molecule has 0 N–H and O–H groups in total. The number of hydrogen-bond donors (Lipinski definition) is 0. The standard InChI is InChI=1S/C21H25N3O2/c1-2-17-26-20-5-3-19(4-6-20)21(25)24-15-13-23(14-16-24)12-9-18-7-10-22-11-8-18/h2-8,10-11H,1,9,12-17H2. The van der Waals surface area contributed by atoms with Crippen molar-refractivity contribution in [2.45, 2.75) is 6.42 Å². The topological polar surface area (TPSA) is 45.7 Å². The Bertz CT molecular complexity index is 708. The normalized spacial score (nSPS) is 14.8. The quantitative estimate of drug-likeness (QED) is 0.720. The van der Waals surface area contributed by atoms with Gasteiger partial charge in [0.05, 0.1) is 0 Å². The second-order valence-electron chi connectivity index (χ2n) is 6.36. The van der Waals surface area contributed by atoms with Crippen molar-refractivity contribution in [2.24, 2.45) is 0 Å². The highest BCUT2D eigenvalue weighted by Gasteiger charge is 2.21. The third-order valence-electron chi connectivity index (χ3n) is 4.59. The van der Waals surface area contributed by atoms with Crippen LogP contribution in [0.1, 0.15) is 15.9 Å². The van der Waals surface area contributed by atoms with Crippen LogP contribution in [0.15, 0.2) is 61.4 Å². The summed E-state index contributed by atoms with van der Waals surface area (Å²) in [6, 6.07) is 11.4. The highest BCUT2D eigenvalue weighted by Crippen LogP contribution is 2.15. The van der Waals surface area contributed by atoms with E-state index < -0.39 is 0 Å². The molecule has 1 aromatic carbocycles. The van der Waals surface area contributed by atoms with Crippen LogP contribution in [-0.4, -0.2) is 60.0 Å². The number of benzene rings is 1. The van der Waals surface area contributed by atoms with Crippen LogP contribution in [0, 0.1) is 0 Å². The maximum absolute atomic E-state index is 12.7. The lowest BCUT2D eigenvalue weighted by Gasteiger charge is -2.34. The number of aromatic nitrogens is 1. The number of ether oxygens (including phenoxy) is 1. The lowest BCUT2D eigenvalue weighted by molar-refractivity contribution is 0.0638. The summed E-state index contributed by atoms with van der Waals surface area (Å²) in [5, 5.41) is 0. The van der Waals surface area contributed by atoms with E-state index in [0.717, 1.165) is 44.9 Å². The van der Waals surface area contributed by atoms with Crippen molar-refractivity contribution in [3.63, 3.8) is 0 Å². The number of nitrogens with zero attached hydrogens (tertiary/aromatic N) is 3. The molecule has 26 heavy (non-hydrogen) atoms. The second kappa shape index (κ2) is 9.15. The third-order valence-corrected chi connectivity index (χ3v) is 4.59. The summed E-state index contributed by atoms with van der Waals surface area (Å²) in [6.07, 6.45) is 6.38. The molecule has 0 spiro atoms. The Hall–Kier alpha value is -2.66. The van der Waals surface area contributed by atoms with Gasteiger partial charge < -0.3 is 9.64 Å². The van der Waals surface area contributed by atoms with Crippen LogP contribution in [0.5, 0.6) is 5.75 Å². The number of rotatable bonds is 7. The largest absolute Gasteiger partial charge is 0.490 e. The van der Waals surface area contributed by atoms with Crippen LogP contribution in [0.3, 0.4) is 0 Å². The van der Waals surface area contributed by atoms with Crippen molar-refractivity contribution >= 4 is 5.91 Å². The summed E-state index contributed by atoms with van der Waals surface area (Å²) in [7, 11) is 0. The molecule has 136 valence electrons. The smallest absolute Gasteiger partial charge is 0.253 e. The first-order valence-corrected chi connectivity index (χ1v) is 9.00. The van der Waals surface area contributed by atoms with Gasteiger partial charge in [-0.2, -0.15) is 0 Å². The minimum Gasteiger partial charge on any atom is -0.490 e. The highest BCUT2D eigenvalue weighted by atomic mass is 16.5. The lowest BCUT2D eigenvalue weighted by atomic mass is 10.1. The Morgan fingerprint density at radius 2 is 1.77 bits per heavy atom.